The summed E-state index contributed by atoms with van der Waals surface area (Å²) < 4.78 is 5.63. The molecule has 0 saturated heterocycles. The molecule has 0 fully saturated rings. The van der Waals surface area contributed by atoms with Crippen LogP contribution < -0.4 is 10.1 Å². The van der Waals surface area contributed by atoms with E-state index in [1.807, 2.05) is 45.0 Å². The molecule has 0 unspecified atom stereocenters. The Balaban J connectivity index is 2.01. The van der Waals surface area contributed by atoms with E-state index in [0.717, 1.165) is 22.4 Å². The molecule has 1 N–H and O–H groups in total. The number of amides is 1. The van der Waals surface area contributed by atoms with Crippen molar-refractivity contribution in [1.82, 2.24) is 0 Å². The van der Waals surface area contributed by atoms with Crippen molar-refractivity contribution in [2.75, 3.05) is 11.9 Å². The highest BCUT2D eigenvalue weighted by molar-refractivity contribution is 6.31. The summed E-state index contributed by atoms with van der Waals surface area (Å²) in [4.78, 5) is 12.0. The topological polar surface area (TPSA) is 38.3 Å². The van der Waals surface area contributed by atoms with E-state index in [0.29, 0.717) is 10.7 Å². The van der Waals surface area contributed by atoms with Crippen molar-refractivity contribution in [3.8, 4) is 5.75 Å². The molecule has 0 saturated carbocycles. The van der Waals surface area contributed by atoms with Crippen LogP contribution in [0.1, 0.15) is 16.7 Å². The van der Waals surface area contributed by atoms with Crippen molar-refractivity contribution in [1.29, 1.82) is 0 Å². The third kappa shape index (κ3) is 3.76. The third-order valence-corrected chi connectivity index (χ3v) is 3.71. The zero-order valence-corrected chi connectivity index (χ0v) is 13.1. The predicted octanol–water partition coefficient (Wildman–Crippen LogP) is 4.28. The minimum Gasteiger partial charge on any atom is -0.483 e. The molecule has 0 aromatic heterocycles. The van der Waals surface area contributed by atoms with Crippen LogP contribution in [0.25, 0.3) is 0 Å². The Labute approximate surface area is 129 Å². The smallest absolute Gasteiger partial charge is 0.262 e. The largest absolute Gasteiger partial charge is 0.483 e. The van der Waals surface area contributed by atoms with Crippen molar-refractivity contribution < 1.29 is 9.53 Å². The summed E-state index contributed by atoms with van der Waals surface area (Å²) in [5.41, 5.74) is 3.58. The molecule has 2 aromatic carbocycles. The fraction of sp³-hybridized carbons (Fsp3) is 0.235. The number of carbonyl (C=O) groups is 1. The number of hydrogen-bond acceptors (Lipinski definition) is 2. The first-order valence-electron chi connectivity index (χ1n) is 6.73. The van der Waals surface area contributed by atoms with Crippen molar-refractivity contribution in [3.63, 3.8) is 0 Å². The minimum atomic E-state index is -0.206. The molecule has 0 aliphatic rings. The number of halogens is 1. The zero-order chi connectivity index (χ0) is 15.4. The number of anilines is 1. The van der Waals surface area contributed by atoms with Gasteiger partial charge in [-0.2, -0.15) is 0 Å². The Kier molecular flexibility index (Phi) is 4.86. The second-order valence-corrected chi connectivity index (χ2v) is 5.38. The van der Waals surface area contributed by atoms with Gasteiger partial charge in [0.05, 0.1) is 0 Å². The molecule has 1 amide bonds. The summed E-state index contributed by atoms with van der Waals surface area (Å²) in [6.45, 7) is 5.75. The summed E-state index contributed by atoms with van der Waals surface area (Å²) in [7, 11) is 0. The molecular weight excluding hydrogens is 286 g/mol. The average molecular weight is 304 g/mol. The van der Waals surface area contributed by atoms with E-state index in [4.69, 9.17) is 16.3 Å². The van der Waals surface area contributed by atoms with Gasteiger partial charge in [0.1, 0.15) is 5.75 Å². The monoisotopic (exact) mass is 303 g/mol. The first-order valence-corrected chi connectivity index (χ1v) is 7.11. The van der Waals surface area contributed by atoms with Gasteiger partial charge in [-0.15, -0.1) is 0 Å². The molecule has 0 spiro atoms. The van der Waals surface area contributed by atoms with Crippen LogP contribution in [-0.2, 0) is 4.79 Å². The molecule has 0 heterocycles. The van der Waals surface area contributed by atoms with Crippen LogP contribution in [-0.4, -0.2) is 12.5 Å². The molecule has 0 atom stereocenters. The van der Waals surface area contributed by atoms with Crippen molar-refractivity contribution >= 4 is 23.2 Å². The molecule has 0 aliphatic heterocycles. The number of rotatable bonds is 4. The van der Waals surface area contributed by atoms with Gasteiger partial charge < -0.3 is 10.1 Å². The van der Waals surface area contributed by atoms with Crippen LogP contribution in [0.4, 0.5) is 5.69 Å². The van der Waals surface area contributed by atoms with E-state index in [9.17, 15) is 4.79 Å². The Morgan fingerprint density at radius 3 is 2.38 bits per heavy atom. The summed E-state index contributed by atoms with van der Waals surface area (Å²) in [5.74, 6) is 0.554. The van der Waals surface area contributed by atoms with E-state index in [1.165, 1.54) is 0 Å². The number of nitrogens with one attached hydrogen (secondary N) is 1. The van der Waals surface area contributed by atoms with Gasteiger partial charge in [-0.1, -0.05) is 35.9 Å². The number of aryl methyl sites for hydroxylation is 2. The molecule has 21 heavy (non-hydrogen) atoms. The molecule has 3 nitrogen and oxygen atoms in total. The van der Waals surface area contributed by atoms with E-state index in [2.05, 4.69) is 5.32 Å². The molecule has 0 bridgehead atoms. The minimum absolute atomic E-state index is 0.0301. The molecule has 0 aliphatic carbocycles. The highest BCUT2D eigenvalue weighted by Crippen LogP contribution is 2.24. The van der Waals surface area contributed by atoms with Gasteiger partial charge in [-0.05, 0) is 49.6 Å². The second-order valence-electron chi connectivity index (χ2n) is 4.97. The number of carbonyl (C=O) groups excluding carboxylic acids is 1. The first kappa shape index (κ1) is 15.4. The number of ether oxygens (including phenoxy) is 1. The lowest BCUT2D eigenvalue weighted by atomic mass is 10.1. The van der Waals surface area contributed by atoms with Crippen LogP contribution in [0.3, 0.4) is 0 Å². The highest BCUT2D eigenvalue weighted by Gasteiger charge is 2.09. The number of benzene rings is 2. The van der Waals surface area contributed by atoms with Crippen molar-refractivity contribution in [2.45, 2.75) is 20.8 Å². The van der Waals surface area contributed by atoms with Crippen LogP contribution >= 0.6 is 11.6 Å². The van der Waals surface area contributed by atoms with Gasteiger partial charge in [-0.25, -0.2) is 0 Å². The van der Waals surface area contributed by atoms with Crippen LogP contribution in [0.15, 0.2) is 36.4 Å². The Morgan fingerprint density at radius 1 is 1.10 bits per heavy atom. The lowest BCUT2D eigenvalue weighted by Crippen LogP contribution is -2.21. The first-order chi connectivity index (χ1) is 9.99. The average Bonchev–Trinajstić information content (AvgIpc) is 2.43. The van der Waals surface area contributed by atoms with Crippen LogP contribution in [0.2, 0.25) is 5.02 Å². The molecule has 110 valence electrons. The van der Waals surface area contributed by atoms with Gasteiger partial charge in [0, 0.05) is 10.7 Å². The van der Waals surface area contributed by atoms with Crippen LogP contribution in [0.5, 0.6) is 5.75 Å². The molecule has 0 radical (unpaired) electrons. The van der Waals surface area contributed by atoms with Gasteiger partial charge >= 0.3 is 0 Å². The Bertz CT molecular complexity index is 648. The van der Waals surface area contributed by atoms with Gasteiger partial charge in [-0.3, -0.25) is 4.79 Å². The lowest BCUT2D eigenvalue weighted by Gasteiger charge is -2.13. The fourth-order valence-corrected chi connectivity index (χ4v) is 2.27. The Morgan fingerprint density at radius 2 is 1.71 bits per heavy atom. The van der Waals surface area contributed by atoms with E-state index < -0.39 is 0 Å². The summed E-state index contributed by atoms with van der Waals surface area (Å²) in [5, 5.41) is 3.44. The quantitative estimate of drug-likeness (QED) is 0.915. The van der Waals surface area contributed by atoms with Crippen molar-refractivity contribution in [3.05, 3.63) is 58.1 Å². The molecule has 4 heteroatoms. The van der Waals surface area contributed by atoms with E-state index in [-0.39, 0.29) is 12.5 Å². The normalized spacial score (nSPS) is 10.3. The van der Waals surface area contributed by atoms with E-state index >= 15 is 0 Å². The third-order valence-electron chi connectivity index (χ3n) is 3.30. The standard InChI is InChI=1S/C17H18ClNO2/c1-11-6-4-7-12(2)17(11)21-10-16(20)19-15-9-5-8-14(18)13(15)3/h4-9H,10H2,1-3H3,(H,19,20). The fourth-order valence-electron chi connectivity index (χ4n) is 2.09. The SMILES string of the molecule is Cc1cccc(C)c1OCC(=O)Nc1cccc(Cl)c1C. The van der Waals surface area contributed by atoms with E-state index in [1.54, 1.807) is 12.1 Å². The highest BCUT2D eigenvalue weighted by atomic mass is 35.5. The maximum atomic E-state index is 12.0. The number of hydrogen-bond donors (Lipinski definition) is 1. The van der Waals surface area contributed by atoms with Gasteiger partial charge in [0.25, 0.3) is 5.91 Å². The molecule has 2 rings (SSSR count). The summed E-state index contributed by atoms with van der Waals surface area (Å²) in [6, 6.07) is 11.3. The maximum absolute atomic E-state index is 12.0. The summed E-state index contributed by atoms with van der Waals surface area (Å²) >= 11 is 6.03. The lowest BCUT2D eigenvalue weighted by molar-refractivity contribution is -0.118. The predicted molar refractivity (Wildman–Crippen MR) is 86.2 cm³/mol. The molecule has 2 aromatic rings. The van der Waals surface area contributed by atoms with Crippen LogP contribution in [0, 0.1) is 20.8 Å². The van der Waals surface area contributed by atoms with Crippen molar-refractivity contribution in [2.24, 2.45) is 0 Å². The Hall–Kier alpha value is -2.00. The zero-order valence-electron chi connectivity index (χ0n) is 12.4. The second kappa shape index (κ2) is 6.64. The maximum Gasteiger partial charge on any atom is 0.262 e. The summed E-state index contributed by atoms with van der Waals surface area (Å²) in [6.07, 6.45) is 0. The van der Waals surface area contributed by atoms with Gasteiger partial charge in [0.2, 0.25) is 0 Å². The number of para-hydroxylation sites is 1. The van der Waals surface area contributed by atoms with Gasteiger partial charge in [0.15, 0.2) is 6.61 Å². The molecular formula is C17H18ClNO2.